The molecule has 31 heavy (non-hydrogen) atoms. The maximum atomic E-state index is 6.93. The predicted octanol–water partition coefficient (Wildman–Crippen LogP) is 5.72. The van der Waals surface area contributed by atoms with Crippen LogP contribution >= 0.6 is 0 Å². The van der Waals surface area contributed by atoms with Crippen LogP contribution in [0.3, 0.4) is 0 Å². The first-order valence-electron chi connectivity index (χ1n) is 10.9. The monoisotopic (exact) mass is 431 g/mol. The zero-order valence-corrected chi connectivity index (χ0v) is 19.8. The Kier molecular flexibility index (Phi) is 8.21. The second-order valence-corrected chi connectivity index (χ2v) is 10.8. The summed E-state index contributed by atoms with van der Waals surface area (Å²) in [7, 11) is 0.299. The molecule has 3 rings (SSSR count). The smallest absolute Gasteiger partial charge is 0.237 e. The average molecular weight is 432 g/mol. The van der Waals surface area contributed by atoms with Crippen LogP contribution in [-0.4, -0.2) is 22.4 Å². The molecule has 0 aliphatic heterocycles. The van der Waals surface area contributed by atoms with Gasteiger partial charge in [0, 0.05) is 12.6 Å². The van der Waals surface area contributed by atoms with Crippen molar-refractivity contribution in [2.45, 2.75) is 50.5 Å². The van der Waals surface area contributed by atoms with Crippen molar-refractivity contribution < 1.29 is 9.16 Å². The Morgan fingerprint density at radius 3 is 1.74 bits per heavy atom. The standard InChI is InChI=1S/C27H33NO2Si/c1-26(2,3)31-30-27(23-15-9-5-10-16-23,24-17-11-6-12-18-24)25(28)19-20-29-21-22-13-7-4-8-14-22/h4-18,25H,19-21,28H2,1-3H3/t25-/m0/s1. The lowest BCUT2D eigenvalue weighted by Crippen LogP contribution is -2.50. The van der Waals surface area contributed by atoms with E-state index in [9.17, 15) is 0 Å². The molecule has 0 bridgehead atoms. The number of benzene rings is 3. The maximum Gasteiger partial charge on any atom is 0.237 e. The summed E-state index contributed by atoms with van der Waals surface area (Å²) in [5.41, 5.74) is 9.51. The van der Waals surface area contributed by atoms with Crippen LogP contribution in [0.4, 0.5) is 0 Å². The second kappa shape index (κ2) is 10.9. The Morgan fingerprint density at radius 1 is 0.774 bits per heavy atom. The van der Waals surface area contributed by atoms with E-state index in [2.05, 4.69) is 81.4 Å². The van der Waals surface area contributed by atoms with Gasteiger partial charge in [-0.15, -0.1) is 0 Å². The Morgan fingerprint density at radius 2 is 1.26 bits per heavy atom. The summed E-state index contributed by atoms with van der Waals surface area (Å²) in [6.07, 6.45) is 0.686. The van der Waals surface area contributed by atoms with E-state index >= 15 is 0 Å². The van der Waals surface area contributed by atoms with E-state index in [-0.39, 0.29) is 11.1 Å². The molecule has 0 fully saturated rings. The van der Waals surface area contributed by atoms with Gasteiger partial charge in [0.2, 0.25) is 9.76 Å². The van der Waals surface area contributed by atoms with Crippen molar-refractivity contribution in [1.29, 1.82) is 0 Å². The van der Waals surface area contributed by atoms with Crippen LogP contribution < -0.4 is 5.73 Å². The molecular formula is C27H33NO2Si. The minimum atomic E-state index is -0.732. The molecule has 0 unspecified atom stereocenters. The maximum absolute atomic E-state index is 6.93. The number of ether oxygens (including phenoxy) is 1. The number of rotatable bonds is 10. The fraction of sp³-hybridized carbons (Fsp3) is 0.333. The first-order chi connectivity index (χ1) is 14.9. The fourth-order valence-electron chi connectivity index (χ4n) is 3.57. The van der Waals surface area contributed by atoms with Gasteiger partial charge in [-0.2, -0.15) is 0 Å². The lowest BCUT2D eigenvalue weighted by Gasteiger charge is -2.41. The molecule has 162 valence electrons. The average Bonchev–Trinajstić information content (AvgIpc) is 2.79. The molecule has 2 N–H and O–H groups in total. The van der Waals surface area contributed by atoms with Crippen molar-refractivity contribution in [3.8, 4) is 0 Å². The van der Waals surface area contributed by atoms with Crippen LogP contribution in [0.15, 0.2) is 91.0 Å². The minimum Gasteiger partial charge on any atom is -0.402 e. The first kappa shape index (κ1) is 23.4. The van der Waals surface area contributed by atoms with Gasteiger partial charge >= 0.3 is 0 Å². The normalized spacial score (nSPS) is 13.2. The van der Waals surface area contributed by atoms with E-state index in [1.165, 1.54) is 5.56 Å². The van der Waals surface area contributed by atoms with Gasteiger partial charge in [0.05, 0.1) is 6.61 Å². The fourth-order valence-corrected chi connectivity index (χ4v) is 4.43. The van der Waals surface area contributed by atoms with Gasteiger partial charge in [-0.25, -0.2) is 0 Å². The summed E-state index contributed by atoms with van der Waals surface area (Å²) in [4.78, 5) is 0. The van der Waals surface area contributed by atoms with Crippen molar-refractivity contribution in [3.05, 3.63) is 108 Å². The third kappa shape index (κ3) is 6.37. The summed E-state index contributed by atoms with van der Waals surface area (Å²) >= 11 is 0. The number of nitrogens with two attached hydrogens (primary N) is 1. The van der Waals surface area contributed by atoms with Crippen LogP contribution in [-0.2, 0) is 21.4 Å². The van der Waals surface area contributed by atoms with Crippen molar-refractivity contribution in [3.63, 3.8) is 0 Å². The van der Waals surface area contributed by atoms with Crippen molar-refractivity contribution in [2.24, 2.45) is 5.73 Å². The van der Waals surface area contributed by atoms with Gasteiger partial charge in [-0.05, 0) is 28.1 Å². The molecule has 0 saturated heterocycles. The largest absolute Gasteiger partial charge is 0.402 e. The zero-order chi connectivity index (χ0) is 22.2. The molecule has 3 aromatic rings. The molecule has 0 spiro atoms. The van der Waals surface area contributed by atoms with E-state index in [4.69, 9.17) is 14.9 Å². The first-order valence-corrected chi connectivity index (χ1v) is 11.8. The van der Waals surface area contributed by atoms with Gasteiger partial charge < -0.3 is 14.9 Å². The Bertz CT molecular complexity index is 855. The Labute approximate surface area is 189 Å². The van der Waals surface area contributed by atoms with Crippen molar-refractivity contribution >= 4 is 9.76 Å². The molecule has 0 heterocycles. The van der Waals surface area contributed by atoms with Crippen LogP contribution in [0.2, 0.25) is 5.04 Å². The topological polar surface area (TPSA) is 44.5 Å². The van der Waals surface area contributed by atoms with Gasteiger partial charge in [-0.1, -0.05) is 112 Å². The lowest BCUT2D eigenvalue weighted by molar-refractivity contribution is 0.0507. The molecule has 1 atom stereocenters. The third-order valence-corrected chi connectivity index (χ3v) is 6.17. The Balaban J connectivity index is 1.86. The van der Waals surface area contributed by atoms with Gasteiger partial charge in [0.25, 0.3) is 0 Å². The van der Waals surface area contributed by atoms with Crippen LogP contribution in [0.25, 0.3) is 0 Å². The molecular weight excluding hydrogens is 398 g/mol. The molecule has 0 aliphatic rings. The highest BCUT2D eigenvalue weighted by atomic mass is 28.2. The summed E-state index contributed by atoms with van der Waals surface area (Å²) in [6.45, 7) is 7.74. The molecule has 0 amide bonds. The van der Waals surface area contributed by atoms with E-state index in [1.807, 2.05) is 30.3 Å². The number of hydrogen-bond acceptors (Lipinski definition) is 3. The van der Waals surface area contributed by atoms with E-state index in [1.54, 1.807) is 0 Å². The van der Waals surface area contributed by atoms with Gasteiger partial charge in [-0.3, -0.25) is 0 Å². The molecule has 3 aromatic carbocycles. The summed E-state index contributed by atoms with van der Waals surface area (Å²) < 4.78 is 12.8. The van der Waals surface area contributed by atoms with Crippen molar-refractivity contribution in [2.75, 3.05) is 6.61 Å². The summed E-state index contributed by atoms with van der Waals surface area (Å²) in [5, 5.41) is 0.0400. The quantitative estimate of drug-likeness (QED) is 0.330. The van der Waals surface area contributed by atoms with E-state index in [0.29, 0.717) is 29.4 Å². The lowest BCUT2D eigenvalue weighted by atomic mass is 9.79. The Hall–Kier alpha value is -2.24. The molecule has 3 nitrogen and oxygen atoms in total. The predicted molar refractivity (Wildman–Crippen MR) is 129 cm³/mol. The SMILES string of the molecule is CC(C)(C)[Si]OC(c1ccccc1)(c1ccccc1)[C@@H](N)CCOCc1ccccc1. The highest BCUT2D eigenvalue weighted by Crippen LogP contribution is 2.39. The molecule has 0 aromatic heterocycles. The van der Waals surface area contributed by atoms with E-state index < -0.39 is 5.60 Å². The zero-order valence-electron chi connectivity index (χ0n) is 18.8. The summed E-state index contributed by atoms with van der Waals surface area (Å²) in [5.74, 6) is 0. The van der Waals surface area contributed by atoms with Crippen LogP contribution in [0.1, 0.15) is 43.9 Å². The van der Waals surface area contributed by atoms with Gasteiger partial charge in [0.15, 0.2) is 0 Å². The third-order valence-electron chi connectivity index (χ3n) is 5.13. The summed E-state index contributed by atoms with van der Waals surface area (Å²) in [6, 6.07) is 30.7. The van der Waals surface area contributed by atoms with Gasteiger partial charge in [0.1, 0.15) is 5.60 Å². The molecule has 4 heteroatoms. The molecule has 0 aliphatic carbocycles. The minimum absolute atomic E-state index is 0.0400. The molecule has 0 saturated carbocycles. The highest BCUT2D eigenvalue weighted by molar-refractivity contribution is 6.32. The van der Waals surface area contributed by atoms with E-state index in [0.717, 1.165) is 11.1 Å². The second-order valence-electron chi connectivity index (χ2n) is 8.86. The molecule has 2 radical (unpaired) electrons. The van der Waals surface area contributed by atoms with Crippen LogP contribution in [0, 0.1) is 0 Å². The highest BCUT2D eigenvalue weighted by Gasteiger charge is 2.42. The van der Waals surface area contributed by atoms with Crippen molar-refractivity contribution in [1.82, 2.24) is 0 Å². The number of hydrogen-bond donors (Lipinski definition) is 1. The van der Waals surface area contributed by atoms with Crippen LogP contribution in [0.5, 0.6) is 0 Å².